The van der Waals surface area contributed by atoms with Gasteiger partial charge in [0.25, 0.3) is 5.91 Å². The standard InChI is InChI=1S/C11H12INO3/c1-6-4-7(2)10(16-12)9(5-6)11(15)13-8(3)14/h4-5H,1-3H3,(H,13,14,15). The van der Waals surface area contributed by atoms with Gasteiger partial charge in [0.05, 0.1) is 5.56 Å². The van der Waals surface area contributed by atoms with Gasteiger partial charge in [-0.25, -0.2) is 0 Å². The Balaban J connectivity index is 3.20. The van der Waals surface area contributed by atoms with Crippen LogP contribution >= 0.6 is 23.0 Å². The van der Waals surface area contributed by atoms with Crippen molar-refractivity contribution in [2.24, 2.45) is 0 Å². The fraction of sp³-hybridized carbons (Fsp3) is 0.273. The number of carbonyl (C=O) groups is 2. The van der Waals surface area contributed by atoms with Gasteiger partial charge in [-0.2, -0.15) is 0 Å². The summed E-state index contributed by atoms with van der Waals surface area (Å²) in [5.74, 6) is -0.334. The number of hydrogen-bond donors (Lipinski definition) is 1. The average Bonchev–Trinajstić information content (AvgIpc) is 2.15. The Morgan fingerprint density at radius 2 is 1.94 bits per heavy atom. The molecule has 1 rings (SSSR count). The number of halogens is 1. The van der Waals surface area contributed by atoms with Crippen LogP contribution in [0.15, 0.2) is 12.1 Å². The summed E-state index contributed by atoms with van der Waals surface area (Å²) in [5, 5.41) is 2.23. The quantitative estimate of drug-likeness (QED) is 0.845. The Kier molecular flexibility index (Phi) is 4.28. The lowest BCUT2D eigenvalue weighted by atomic mass is 10.1. The third-order valence-electron chi connectivity index (χ3n) is 2.03. The third-order valence-corrected chi connectivity index (χ3v) is 2.47. The molecule has 5 heteroatoms. The first-order chi connectivity index (χ1) is 7.45. The van der Waals surface area contributed by atoms with Crippen molar-refractivity contribution in [1.82, 2.24) is 5.32 Å². The maximum absolute atomic E-state index is 11.7. The zero-order valence-corrected chi connectivity index (χ0v) is 11.4. The van der Waals surface area contributed by atoms with E-state index in [1.807, 2.05) is 19.9 Å². The van der Waals surface area contributed by atoms with Crippen molar-refractivity contribution in [3.8, 4) is 5.75 Å². The number of aryl methyl sites for hydroxylation is 2. The number of rotatable bonds is 2. The van der Waals surface area contributed by atoms with E-state index in [0.717, 1.165) is 11.1 Å². The normalized spacial score (nSPS) is 9.75. The lowest BCUT2D eigenvalue weighted by Gasteiger charge is -2.10. The minimum Gasteiger partial charge on any atom is -0.427 e. The Labute approximate surface area is 108 Å². The van der Waals surface area contributed by atoms with Crippen molar-refractivity contribution in [1.29, 1.82) is 0 Å². The van der Waals surface area contributed by atoms with Crippen LogP contribution in [0.4, 0.5) is 0 Å². The molecule has 1 aromatic rings. The Morgan fingerprint density at radius 1 is 1.31 bits per heavy atom. The molecule has 0 saturated carbocycles. The minimum absolute atomic E-state index is 0.377. The van der Waals surface area contributed by atoms with Gasteiger partial charge in [-0.3, -0.25) is 14.9 Å². The molecule has 0 aliphatic rings. The van der Waals surface area contributed by atoms with E-state index in [4.69, 9.17) is 3.07 Å². The molecule has 1 aromatic carbocycles. The predicted octanol–water partition coefficient (Wildman–Crippen LogP) is 2.31. The highest BCUT2D eigenvalue weighted by molar-refractivity contribution is 14.1. The molecule has 0 bridgehead atoms. The van der Waals surface area contributed by atoms with Crippen LogP contribution in [0, 0.1) is 13.8 Å². The smallest absolute Gasteiger partial charge is 0.261 e. The van der Waals surface area contributed by atoms with Crippen LogP contribution in [0.1, 0.15) is 28.4 Å². The second-order valence-corrected chi connectivity index (χ2v) is 3.99. The van der Waals surface area contributed by atoms with E-state index in [-0.39, 0.29) is 5.91 Å². The second-order valence-electron chi connectivity index (χ2n) is 3.55. The molecule has 0 radical (unpaired) electrons. The summed E-state index contributed by atoms with van der Waals surface area (Å²) in [6, 6.07) is 3.61. The molecule has 0 unspecified atom stereocenters. The van der Waals surface area contributed by atoms with Crippen molar-refractivity contribution < 1.29 is 12.7 Å². The van der Waals surface area contributed by atoms with E-state index in [1.165, 1.54) is 6.92 Å². The van der Waals surface area contributed by atoms with Crippen molar-refractivity contribution in [2.45, 2.75) is 20.8 Å². The van der Waals surface area contributed by atoms with Crippen molar-refractivity contribution in [3.05, 3.63) is 28.8 Å². The number of benzene rings is 1. The number of amides is 2. The molecule has 0 aliphatic heterocycles. The van der Waals surface area contributed by atoms with Gasteiger partial charge in [0.15, 0.2) is 23.0 Å². The average molecular weight is 333 g/mol. The lowest BCUT2D eigenvalue weighted by molar-refractivity contribution is -0.118. The van der Waals surface area contributed by atoms with Gasteiger partial charge in [-0.1, -0.05) is 6.07 Å². The van der Waals surface area contributed by atoms with E-state index < -0.39 is 5.91 Å². The van der Waals surface area contributed by atoms with Crippen molar-refractivity contribution in [3.63, 3.8) is 0 Å². The van der Waals surface area contributed by atoms with Crippen LogP contribution in [-0.2, 0) is 4.79 Å². The fourth-order valence-electron chi connectivity index (χ4n) is 1.45. The lowest BCUT2D eigenvalue weighted by Crippen LogP contribution is -2.28. The SMILES string of the molecule is CC(=O)NC(=O)c1cc(C)cc(C)c1OI. The van der Waals surface area contributed by atoms with E-state index >= 15 is 0 Å². The zero-order chi connectivity index (χ0) is 12.3. The molecule has 0 atom stereocenters. The maximum Gasteiger partial charge on any atom is 0.261 e. The summed E-state index contributed by atoms with van der Waals surface area (Å²) in [4.78, 5) is 22.5. The van der Waals surface area contributed by atoms with Crippen LogP contribution in [0.25, 0.3) is 0 Å². The summed E-state index contributed by atoms with van der Waals surface area (Å²) < 4.78 is 5.13. The summed E-state index contributed by atoms with van der Waals surface area (Å²) >= 11 is 1.72. The van der Waals surface area contributed by atoms with Crippen LogP contribution < -0.4 is 8.38 Å². The summed E-state index contributed by atoms with van der Waals surface area (Å²) in [6.07, 6.45) is 0. The predicted molar refractivity (Wildman–Crippen MR) is 68.7 cm³/mol. The maximum atomic E-state index is 11.7. The second kappa shape index (κ2) is 5.29. The molecule has 2 amide bonds. The molecule has 0 aliphatic carbocycles. The van der Waals surface area contributed by atoms with Crippen LogP contribution in [0.5, 0.6) is 5.75 Å². The van der Waals surface area contributed by atoms with Gasteiger partial charge < -0.3 is 3.07 Å². The fourth-order valence-corrected chi connectivity index (χ4v) is 2.04. The Morgan fingerprint density at radius 3 is 2.44 bits per heavy atom. The van der Waals surface area contributed by atoms with Gasteiger partial charge in [0, 0.05) is 6.92 Å². The topological polar surface area (TPSA) is 55.4 Å². The highest BCUT2D eigenvalue weighted by Gasteiger charge is 2.16. The molecule has 0 heterocycles. The van der Waals surface area contributed by atoms with Gasteiger partial charge in [0.1, 0.15) is 5.75 Å². The highest BCUT2D eigenvalue weighted by Crippen LogP contribution is 2.26. The Bertz CT molecular complexity index is 443. The first kappa shape index (κ1) is 13.0. The number of imide groups is 1. The molecular formula is C11H12INO3. The number of nitrogens with one attached hydrogen (secondary N) is 1. The monoisotopic (exact) mass is 333 g/mol. The first-order valence-electron chi connectivity index (χ1n) is 4.67. The molecule has 0 aromatic heterocycles. The number of hydrogen-bond acceptors (Lipinski definition) is 3. The molecule has 86 valence electrons. The number of carbonyl (C=O) groups excluding carboxylic acids is 2. The van der Waals surface area contributed by atoms with E-state index in [1.54, 1.807) is 29.1 Å². The highest BCUT2D eigenvalue weighted by atomic mass is 127. The summed E-state index contributed by atoms with van der Waals surface area (Å²) in [5.41, 5.74) is 2.19. The molecule has 4 nitrogen and oxygen atoms in total. The van der Waals surface area contributed by atoms with Crippen molar-refractivity contribution >= 4 is 34.8 Å². The van der Waals surface area contributed by atoms with E-state index in [9.17, 15) is 9.59 Å². The van der Waals surface area contributed by atoms with Gasteiger partial charge in [-0.05, 0) is 31.0 Å². The first-order valence-corrected chi connectivity index (χ1v) is 5.55. The zero-order valence-electron chi connectivity index (χ0n) is 9.26. The molecule has 0 spiro atoms. The van der Waals surface area contributed by atoms with Crippen molar-refractivity contribution in [2.75, 3.05) is 0 Å². The molecular weight excluding hydrogens is 321 g/mol. The molecule has 16 heavy (non-hydrogen) atoms. The summed E-state index contributed by atoms with van der Waals surface area (Å²) in [6.45, 7) is 5.03. The molecule has 0 saturated heterocycles. The van der Waals surface area contributed by atoms with E-state index in [2.05, 4.69) is 5.32 Å². The van der Waals surface area contributed by atoms with Crippen LogP contribution in [-0.4, -0.2) is 11.8 Å². The third kappa shape index (κ3) is 2.94. The molecule has 1 N–H and O–H groups in total. The van der Waals surface area contributed by atoms with Gasteiger partial charge >= 0.3 is 0 Å². The van der Waals surface area contributed by atoms with Crippen LogP contribution in [0.3, 0.4) is 0 Å². The van der Waals surface area contributed by atoms with Crippen LogP contribution in [0.2, 0.25) is 0 Å². The summed E-state index contributed by atoms with van der Waals surface area (Å²) in [7, 11) is 0. The Hall–Kier alpha value is -1.11. The molecule has 0 fully saturated rings. The van der Waals surface area contributed by atoms with Gasteiger partial charge in [-0.15, -0.1) is 0 Å². The van der Waals surface area contributed by atoms with Gasteiger partial charge in [0.2, 0.25) is 5.91 Å². The largest absolute Gasteiger partial charge is 0.427 e. The van der Waals surface area contributed by atoms with E-state index in [0.29, 0.717) is 11.3 Å². The minimum atomic E-state index is -0.439.